The second-order valence-electron chi connectivity index (χ2n) is 2.82. The first kappa shape index (κ1) is 11.2. The van der Waals surface area contributed by atoms with Gasteiger partial charge in [0.2, 0.25) is 0 Å². The van der Waals surface area contributed by atoms with Crippen LogP contribution >= 0.6 is 12.6 Å². The normalized spacial score (nSPS) is 15.1. The molecule has 0 saturated heterocycles. The molecule has 2 unspecified atom stereocenters. The molecule has 3 N–H and O–H groups in total. The molecule has 1 heterocycles. The molecule has 2 atom stereocenters. The van der Waals surface area contributed by atoms with Gasteiger partial charge in [0.05, 0.1) is 18.5 Å². The highest BCUT2D eigenvalue weighted by Gasteiger charge is 2.19. The molecule has 0 aliphatic rings. The van der Waals surface area contributed by atoms with Gasteiger partial charge in [-0.15, -0.1) is 0 Å². The summed E-state index contributed by atoms with van der Waals surface area (Å²) in [6.07, 6.45) is 0.617. The average molecular weight is 216 g/mol. The van der Waals surface area contributed by atoms with Crippen LogP contribution in [0.2, 0.25) is 0 Å². The Balaban J connectivity index is 2.68. The molecule has 5 nitrogen and oxygen atoms in total. The monoisotopic (exact) mass is 216 g/mol. The Bertz CT molecular complexity index is 280. The van der Waals surface area contributed by atoms with E-state index >= 15 is 0 Å². The summed E-state index contributed by atoms with van der Waals surface area (Å²) >= 11 is 3.93. The molecule has 0 amide bonds. The molecule has 0 aliphatic heterocycles. The van der Waals surface area contributed by atoms with Crippen molar-refractivity contribution in [1.82, 2.24) is 9.97 Å². The van der Waals surface area contributed by atoms with E-state index in [4.69, 9.17) is 5.11 Å². The largest absolute Gasteiger partial charge is 0.505 e. The van der Waals surface area contributed by atoms with Crippen LogP contribution in [0.4, 0.5) is 0 Å². The lowest BCUT2D eigenvalue weighted by molar-refractivity contribution is 0.0118. The zero-order valence-electron chi connectivity index (χ0n) is 7.41. The second kappa shape index (κ2) is 5.14. The first-order chi connectivity index (χ1) is 6.65. The minimum absolute atomic E-state index is 0.0790. The van der Waals surface area contributed by atoms with Gasteiger partial charge in [-0.2, -0.15) is 12.6 Å². The Morgan fingerprint density at radius 2 is 1.86 bits per heavy atom. The summed E-state index contributed by atoms with van der Waals surface area (Å²) in [5.41, 5.74) is 0. The van der Waals surface area contributed by atoms with Gasteiger partial charge in [0, 0.05) is 0 Å². The molecule has 6 heteroatoms. The van der Waals surface area contributed by atoms with Crippen LogP contribution in [0, 0.1) is 0 Å². The Kier molecular flexibility index (Phi) is 4.12. The molecule has 0 aromatic carbocycles. The first-order valence-corrected chi connectivity index (χ1v) is 4.76. The van der Waals surface area contributed by atoms with Crippen molar-refractivity contribution in [1.29, 1.82) is 0 Å². The minimum Gasteiger partial charge on any atom is -0.505 e. The van der Waals surface area contributed by atoms with E-state index in [0.717, 1.165) is 0 Å². The summed E-state index contributed by atoms with van der Waals surface area (Å²) in [5.74, 6) is 0.484. The molecule has 78 valence electrons. The van der Waals surface area contributed by atoms with Gasteiger partial charge in [-0.25, -0.2) is 9.97 Å². The summed E-state index contributed by atoms with van der Waals surface area (Å²) < 4.78 is 0. The van der Waals surface area contributed by atoms with E-state index in [0.29, 0.717) is 12.2 Å². The van der Waals surface area contributed by atoms with Crippen LogP contribution in [-0.4, -0.2) is 37.1 Å². The number of rotatable bonds is 4. The maximum atomic E-state index is 9.52. The number of aromatic nitrogens is 2. The minimum atomic E-state index is -1.14. The Morgan fingerprint density at radius 3 is 2.36 bits per heavy atom. The van der Waals surface area contributed by atoms with Crippen LogP contribution in [0.3, 0.4) is 0 Å². The third-order valence-electron chi connectivity index (χ3n) is 1.71. The number of aliphatic hydroxyl groups is 2. The summed E-state index contributed by atoms with van der Waals surface area (Å²) in [7, 11) is 0. The van der Waals surface area contributed by atoms with Crippen molar-refractivity contribution in [2.75, 3.05) is 5.75 Å². The molecule has 0 fully saturated rings. The van der Waals surface area contributed by atoms with Gasteiger partial charge in [-0.05, 0) is 12.2 Å². The van der Waals surface area contributed by atoms with Crippen molar-refractivity contribution < 1.29 is 15.3 Å². The van der Waals surface area contributed by atoms with Crippen LogP contribution < -0.4 is 0 Å². The Morgan fingerprint density at radius 1 is 1.29 bits per heavy atom. The van der Waals surface area contributed by atoms with Gasteiger partial charge in [0.25, 0.3) is 0 Å². The van der Waals surface area contributed by atoms with Gasteiger partial charge in [-0.3, -0.25) is 0 Å². The SMILES string of the molecule is Oc1cnc(C(O)C(O)CCS)nc1. The zero-order chi connectivity index (χ0) is 10.6. The highest BCUT2D eigenvalue weighted by Crippen LogP contribution is 2.16. The molecule has 0 bridgehead atoms. The lowest BCUT2D eigenvalue weighted by Crippen LogP contribution is -2.20. The first-order valence-electron chi connectivity index (χ1n) is 4.13. The van der Waals surface area contributed by atoms with Crippen molar-refractivity contribution in [3.8, 4) is 5.75 Å². The maximum absolute atomic E-state index is 9.52. The fraction of sp³-hybridized carbons (Fsp3) is 0.500. The zero-order valence-corrected chi connectivity index (χ0v) is 8.30. The van der Waals surface area contributed by atoms with Gasteiger partial charge < -0.3 is 15.3 Å². The fourth-order valence-corrected chi connectivity index (χ4v) is 1.21. The Labute approximate surface area is 86.9 Å². The van der Waals surface area contributed by atoms with Crippen molar-refractivity contribution in [3.05, 3.63) is 18.2 Å². The number of thiol groups is 1. The van der Waals surface area contributed by atoms with Crippen LogP contribution in [0.1, 0.15) is 18.3 Å². The number of aromatic hydroxyl groups is 1. The molecule has 0 saturated carbocycles. The van der Waals surface area contributed by atoms with Gasteiger partial charge in [0.1, 0.15) is 6.10 Å². The summed E-state index contributed by atoms with van der Waals surface area (Å²) in [5, 5.41) is 27.8. The molecule has 1 aromatic heterocycles. The van der Waals surface area contributed by atoms with Gasteiger partial charge in [-0.1, -0.05) is 0 Å². The lowest BCUT2D eigenvalue weighted by Gasteiger charge is -2.14. The molecular formula is C8H12N2O3S. The number of aliphatic hydroxyl groups excluding tert-OH is 2. The molecule has 0 radical (unpaired) electrons. The maximum Gasteiger partial charge on any atom is 0.159 e. The highest BCUT2D eigenvalue weighted by atomic mass is 32.1. The molecule has 0 aliphatic carbocycles. The van der Waals surface area contributed by atoms with Gasteiger partial charge in [0.15, 0.2) is 11.6 Å². The predicted octanol–water partition coefficient (Wildman–Crippen LogP) is -0.104. The molecule has 14 heavy (non-hydrogen) atoms. The van der Waals surface area contributed by atoms with E-state index in [1.807, 2.05) is 0 Å². The third-order valence-corrected chi connectivity index (χ3v) is 1.97. The molecular weight excluding hydrogens is 204 g/mol. The van der Waals surface area contributed by atoms with E-state index in [1.165, 1.54) is 12.4 Å². The fourth-order valence-electron chi connectivity index (χ4n) is 0.946. The lowest BCUT2D eigenvalue weighted by atomic mass is 10.1. The topological polar surface area (TPSA) is 86.5 Å². The van der Waals surface area contributed by atoms with Crippen LogP contribution in [0.5, 0.6) is 5.75 Å². The van der Waals surface area contributed by atoms with Crippen LogP contribution in [0.25, 0.3) is 0 Å². The quantitative estimate of drug-likeness (QED) is 0.528. The average Bonchev–Trinajstić information content (AvgIpc) is 2.18. The van der Waals surface area contributed by atoms with E-state index < -0.39 is 12.2 Å². The van der Waals surface area contributed by atoms with Crippen LogP contribution in [0.15, 0.2) is 12.4 Å². The molecule has 0 spiro atoms. The van der Waals surface area contributed by atoms with Gasteiger partial charge >= 0.3 is 0 Å². The third kappa shape index (κ3) is 2.83. The molecule has 1 aromatic rings. The molecule has 1 rings (SSSR count). The number of nitrogens with zero attached hydrogens (tertiary/aromatic N) is 2. The summed E-state index contributed by atoms with van der Waals surface area (Å²) in [4.78, 5) is 7.37. The van der Waals surface area contributed by atoms with Crippen molar-refractivity contribution >= 4 is 12.6 Å². The summed E-state index contributed by atoms with van der Waals surface area (Å²) in [6.45, 7) is 0. The van der Waals surface area contributed by atoms with E-state index in [-0.39, 0.29) is 11.6 Å². The van der Waals surface area contributed by atoms with E-state index in [2.05, 4.69) is 22.6 Å². The highest BCUT2D eigenvalue weighted by molar-refractivity contribution is 7.80. The van der Waals surface area contributed by atoms with Crippen molar-refractivity contribution in [2.45, 2.75) is 18.6 Å². The number of hydrogen-bond donors (Lipinski definition) is 4. The number of hydrogen-bond acceptors (Lipinski definition) is 6. The van der Waals surface area contributed by atoms with E-state index in [1.54, 1.807) is 0 Å². The van der Waals surface area contributed by atoms with Crippen molar-refractivity contribution in [3.63, 3.8) is 0 Å². The second-order valence-corrected chi connectivity index (χ2v) is 3.27. The Hall–Kier alpha value is -0.850. The van der Waals surface area contributed by atoms with Crippen LogP contribution in [-0.2, 0) is 0 Å². The van der Waals surface area contributed by atoms with E-state index in [9.17, 15) is 10.2 Å². The predicted molar refractivity (Wildman–Crippen MR) is 53.1 cm³/mol. The van der Waals surface area contributed by atoms with Crippen molar-refractivity contribution in [2.24, 2.45) is 0 Å². The standard InChI is InChI=1S/C8H12N2O3S/c11-5-3-9-8(10-4-5)7(13)6(12)1-2-14/h3-4,6-7,11-14H,1-2H2. The summed E-state index contributed by atoms with van der Waals surface area (Å²) in [6, 6.07) is 0. The smallest absolute Gasteiger partial charge is 0.159 e.